The first-order chi connectivity index (χ1) is 19.9. The number of amides is 2. The SMILES string of the molecule is NC(=O)CCn1c(NC(=O)c2ccc(-c3ccc4[nH]ccc4c3)s2)nc2cc(NCC(=O)c3ccccc3)ccc21. The van der Waals surface area contributed by atoms with E-state index < -0.39 is 5.91 Å². The number of carbonyl (C=O) groups is 3. The second-order valence-electron chi connectivity index (χ2n) is 9.55. The van der Waals surface area contributed by atoms with Crippen LogP contribution in [0, 0.1) is 0 Å². The van der Waals surface area contributed by atoms with Gasteiger partial charge in [-0.3, -0.25) is 19.7 Å². The molecule has 2 amide bonds. The Morgan fingerprint density at radius 2 is 1.80 bits per heavy atom. The Bertz CT molecular complexity index is 1900. The van der Waals surface area contributed by atoms with E-state index in [9.17, 15) is 14.4 Å². The van der Waals surface area contributed by atoms with Crippen LogP contribution in [0.1, 0.15) is 26.5 Å². The van der Waals surface area contributed by atoms with Crippen LogP contribution in [0.2, 0.25) is 0 Å². The van der Waals surface area contributed by atoms with Gasteiger partial charge in [-0.25, -0.2) is 4.98 Å². The van der Waals surface area contributed by atoms with Gasteiger partial charge in [0.05, 0.1) is 22.5 Å². The molecule has 0 atom stereocenters. The Labute approximate surface area is 239 Å². The number of hydrogen-bond acceptors (Lipinski definition) is 6. The van der Waals surface area contributed by atoms with Crippen LogP contribution in [0.25, 0.3) is 32.4 Å². The minimum absolute atomic E-state index is 0.0334. The van der Waals surface area contributed by atoms with Gasteiger partial charge in [0.25, 0.3) is 5.91 Å². The highest BCUT2D eigenvalue weighted by atomic mass is 32.1. The summed E-state index contributed by atoms with van der Waals surface area (Å²) in [6, 6.07) is 26.4. The zero-order valence-electron chi connectivity index (χ0n) is 21.9. The van der Waals surface area contributed by atoms with Gasteiger partial charge in [0, 0.05) is 40.8 Å². The summed E-state index contributed by atoms with van der Waals surface area (Å²) >= 11 is 1.39. The number of ketones is 1. The molecule has 3 aromatic heterocycles. The maximum absolute atomic E-state index is 13.3. The van der Waals surface area contributed by atoms with Crippen LogP contribution in [0.15, 0.2) is 91.1 Å². The number of carbonyl (C=O) groups excluding carboxylic acids is 3. The van der Waals surface area contributed by atoms with Gasteiger partial charge in [-0.1, -0.05) is 36.4 Å². The Kier molecular flexibility index (Phi) is 7.05. The number of nitrogens with zero attached hydrogens (tertiary/aromatic N) is 2. The first-order valence-corrected chi connectivity index (χ1v) is 13.9. The van der Waals surface area contributed by atoms with Gasteiger partial charge in [-0.05, 0) is 59.5 Å². The molecule has 0 aliphatic heterocycles. The van der Waals surface area contributed by atoms with Crippen molar-refractivity contribution < 1.29 is 14.4 Å². The Hall–Kier alpha value is -5.22. The summed E-state index contributed by atoms with van der Waals surface area (Å²) in [5.41, 5.74) is 10.2. The van der Waals surface area contributed by atoms with Crippen molar-refractivity contribution in [2.75, 3.05) is 17.2 Å². The van der Waals surface area contributed by atoms with E-state index in [4.69, 9.17) is 5.73 Å². The molecule has 0 unspecified atom stereocenters. The molecule has 0 spiro atoms. The number of hydrogen-bond donors (Lipinski definition) is 4. The highest BCUT2D eigenvalue weighted by Crippen LogP contribution is 2.31. The smallest absolute Gasteiger partial charge is 0.268 e. The van der Waals surface area contributed by atoms with Crippen LogP contribution in [-0.2, 0) is 11.3 Å². The summed E-state index contributed by atoms with van der Waals surface area (Å²) in [6.07, 6.45) is 1.99. The lowest BCUT2D eigenvalue weighted by atomic mass is 10.1. The van der Waals surface area contributed by atoms with Crippen LogP contribution in [-0.4, -0.2) is 38.7 Å². The summed E-state index contributed by atoms with van der Waals surface area (Å²) in [4.78, 5) is 46.7. The van der Waals surface area contributed by atoms with Crippen molar-refractivity contribution in [3.63, 3.8) is 0 Å². The van der Waals surface area contributed by atoms with Crippen molar-refractivity contribution in [2.45, 2.75) is 13.0 Å². The van der Waals surface area contributed by atoms with Crippen molar-refractivity contribution in [1.82, 2.24) is 14.5 Å². The molecule has 5 N–H and O–H groups in total. The maximum Gasteiger partial charge on any atom is 0.268 e. The molecule has 0 aliphatic rings. The first kappa shape index (κ1) is 26.0. The number of aromatic nitrogens is 3. The molecule has 6 rings (SSSR count). The topological polar surface area (TPSA) is 135 Å². The minimum atomic E-state index is -0.455. The molecule has 0 radical (unpaired) electrons. The lowest BCUT2D eigenvalue weighted by molar-refractivity contribution is -0.118. The first-order valence-electron chi connectivity index (χ1n) is 13.0. The molecule has 9 nitrogen and oxygen atoms in total. The number of rotatable bonds is 10. The van der Waals surface area contributed by atoms with E-state index in [0.717, 1.165) is 26.9 Å². The number of Topliss-reactive ketones (excluding diaryl/α,β-unsaturated/α-hetero) is 1. The highest BCUT2D eigenvalue weighted by Gasteiger charge is 2.18. The zero-order valence-corrected chi connectivity index (χ0v) is 22.7. The van der Waals surface area contributed by atoms with Crippen LogP contribution >= 0.6 is 11.3 Å². The summed E-state index contributed by atoms with van der Waals surface area (Å²) in [6.45, 7) is 0.381. The molecule has 0 bridgehead atoms. The van der Waals surface area contributed by atoms with E-state index >= 15 is 0 Å². The molecule has 0 saturated heterocycles. The fourth-order valence-corrected chi connectivity index (χ4v) is 5.57. The normalized spacial score (nSPS) is 11.1. The number of benzene rings is 3. The largest absolute Gasteiger partial charge is 0.378 e. The third-order valence-corrected chi connectivity index (χ3v) is 7.90. The number of imidazole rings is 1. The third-order valence-electron chi connectivity index (χ3n) is 6.77. The Balaban J connectivity index is 1.23. The second kappa shape index (κ2) is 11.1. The number of aromatic amines is 1. The molecule has 204 valence electrons. The van der Waals surface area contributed by atoms with E-state index in [1.54, 1.807) is 22.8 Å². The van der Waals surface area contributed by atoms with Gasteiger partial charge < -0.3 is 20.6 Å². The molecule has 10 heteroatoms. The number of primary amides is 1. The molecule has 0 fully saturated rings. The third kappa shape index (κ3) is 5.59. The van der Waals surface area contributed by atoms with Gasteiger partial charge in [0.2, 0.25) is 11.9 Å². The van der Waals surface area contributed by atoms with Crippen LogP contribution in [0.3, 0.4) is 0 Å². The number of aryl methyl sites for hydroxylation is 1. The van der Waals surface area contributed by atoms with Gasteiger partial charge in [0.15, 0.2) is 5.78 Å². The predicted octanol–water partition coefficient (Wildman–Crippen LogP) is 5.67. The van der Waals surface area contributed by atoms with Gasteiger partial charge >= 0.3 is 0 Å². The van der Waals surface area contributed by atoms with Crippen molar-refractivity contribution in [3.8, 4) is 10.4 Å². The summed E-state index contributed by atoms with van der Waals surface area (Å²) in [5, 5.41) is 7.16. The molecule has 3 aromatic carbocycles. The lowest BCUT2D eigenvalue weighted by Crippen LogP contribution is -2.18. The van der Waals surface area contributed by atoms with Crippen LogP contribution in [0.4, 0.5) is 11.6 Å². The second-order valence-corrected chi connectivity index (χ2v) is 10.6. The lowest BCUT2D eigenvalue weighted by Gasteiger charge is -2.09. The minimum Gasteiger partial charge on any atom is -0.378 e. The predicted molar refractivity (Wildman–Crippen MR) is 162 cm³/mol. The van der Waals surface area contributed by atoms with E-state index in [2.05, 4.69) is 26.7 Å². The maximum atomic E-state index is 13.3. The number of H-pyrrole nitrogens is 1. The molecule has 6 aromatic rings. The van der Waals surface area contributed by atoms with Gasteiger partial charge in [0.1, 0.15) is 0 Å². The fraction of sp³-hybridized carbons (Fsp3) is 0.0968. The average molecular weight is 563 g/mol. The summed E-state index contributed by atoms with van der Waals surface area (Å²) in [5.74, 6) is -0.475. The molecular weight excluding hydrogens is 536 g/mol. The van der Waals surface area contributed by atoms with Crippen molar-refractivity contribution in [1.29, 1.82) is 0 Å². The van der Waals surface area contributed by atoms with E-state index in [0.29, 0.717) is 27.6 Å². The standard InChI is InChI=1S/C31H26N6O3S/c32-29(39)13-15-37-25-9-7-22(34-18-26(38)19-4-2-1-3-5-19)17-24(25)35-31(37)36-30(40)28-11-10-27(41-28)21-6-8-23-20(16-21)12-14-33-23/h1-12,14,16-17,33-34H,13,15,18H2,(H2,32,39)(H,35,36,40). The molecule has 3 heterocycles. The van der Waals surface area contributed by atoms with Crippen LogP contribution in [0.5, 0.6) is 0 Å². The number of nitrogens with two attached hydrogens (primary N) is 1. The zero-order chi connectivity index (χ0) is 28.3. The Morgan fingerprint density at radius 1 is 0.951 bits per heavy atom. The number of thiophene rings is 1. The molecule has 41 heavy (non-hydrogen) atoms. The van der Waals surface area contributed by atoms with E-state index in [-0.39, 0.29) is 31.2 Å². The summed E-state index contributed by atoms with van der Waals surface area (Å²) < 4.78 is 1.77. The van der Waals surface area contributed by atoms with E-state index in [1.807, 2.05) is 66.9 Å². The van der Waals surface area contributed by atoms with Crippen LogP contribution < -0.4 is 16.4 Å². The number of nitrogens with one attached hydrogen (secondary N) is 3. The van der Waals surface area contributed by atoms with E-state index in [1.165, 1.54) is 11.3 Å². The average Bonchev–Trinajstić information content (AvgIpc) is 3.73. The van der Waals surface area contributed by atoms with Gasteiger partial charge in [-0.15, -0.1) is 11.3 Å². The quantitative estimate of drug-likeness (QED) is 0.160. The molecular formula is C31H26N6O3S. The number of fused-ring (bicyclic) bond motifs is 2. The fourth-order valence-electron chi connectivity index (χ4n) is 4.68. The van der Waals surface area contributed by atoms with Crippen molar-refractivity contribution in [3.05, 3.63) is 102 Å². The monoisotopic (exact) mass is 562 g/mol. The van der Waals surface area contributed by atoms with Crippen molar-refractivity contribution in [2.24, 2.45) is 5.73 Å². The van der Waals surface area contributed by atoms with Gasteiger partial charge in [-0.2, -0.15) is 0 Å². The molecule has 0 saturated carbocycles. The highest BCUT2D eigenvalue weighted by molar-refractivity contribution is 7.17. The number of anilines is 2. The van der Waals surface area contributed by atoms with Crippen molar-refractivity contribution >= 4 is 62.5 Å². The molecule has 0 aliphatic carbocycles. The Morgan fingerprint density at radius 3 is 2.63 bits per heavy atom. The summed E-state index contributed by atoms with van der Waals surface area (Å²) in [7, 11) is 0.